The fraction of sp³-hybridized carbons (Fsp3) is 0.500. The minimum atomic E-state index is 0.766. The van der Waals surface area contributed by atoms with Crippen molar-refractivity contribution in [1.82, 2.24) is 10.3 Å². The fourth-order valence-corrected chi connectivity index (χ4v) is 3.36. The van der Waals surface area contributed by atoms with E-state index in [2.05, 4.69) is 31.3 Å². The van der Waals surface area contributed by atoms with E-state index < -0.39 is 0 Å². The Morgan fingerprint density at radius 3 is 2.75 bits per heavy atom. The predicted octanol–water partition coefficient (Wildman–Crippen LogP) is 3.59. The molecule has 1 fully saturated rings. The molecule has 0 spiro atoms. The van der Waals surface area contributed by atoms with E-state index in [1.54, 1.807) is 0 Å². The lowest BCUT2D eigenvalue weighted by atomic mass is 9.97. The Labute approximate surface area is 120 Å². The molecule has 0 amide bonds. The van der Waals surface area contributed by atoms with Crippen molar-refractivity contribution < 1.29 is 0 Å². The van der Waals surface area contributed by atoms with Gasteiger partial charge in [0.05, 0.1) is 5.52 Å². The van der Waals surface area contributed by atoms with E-state index in [4.69, 9.17) is 4.98 Å². The summed E-state index contributed by atoms with van der Waals surface area (Å²) in [5.74, 6) is 0. The molecule has 4 rings (SSSR count). The maximum atomic E-state index is 4.93. The van der Waals surface area contributed by atoms with Crippen LogP contribution in [0.25, 0.3) is 10.9 Å². The van der Waals surface area contributed by atoms with Crippen LogP contribution in [-0.2, 0) is 19.4 Å². The van der Waals surface area contributed by atoms with Gasteiger partial charge in [0.25, 0.3) is 0 Å². The molecule has 0 bridgehead atoms. The minimum Gasteiger partial charge on any atom is -0.310 e. The number of aromatic nitrogens is 1. The highest BCUT2D eigenvalue weighted by atomic mass is 14.9. The lowest BCUT2D eigenvalue weighted by Crippen LogP contribution is -2.17. The molecule has 2 nitrogen and oxygen atoms in total. The third-order valence-corrected chi connectivity index (χ3v) is 4.89. The van der Waals surface area contributed by atoms with Gasteiger partial charge in [-0.25, -0.2) is 0 Å². The van der Waals surface area contributed by atoms with Gasteiger partial charge >= 0.3 is 0 Å². The Morgan fingerprint density at radius 2 is 1.95 bits per heavy atom. The van der Waals surface area contributed by atoms with E-state index in [-0.39, 0.29) is 0 Å². The van der Waals surface area contributed by atoms with E-state index in [1.807, 2.05) is 0 Å². The van der Waals surface area contributed by atoms with Gasteiger partial charge in [0.2, 0.25) is 0 Å². The average Bonchev–Trinajstić information content (AvgIpc) is 3.14. The van der Waals surface area contributed by atoms with Gasteiger partial charge in [-0.3, -0.25) is 4.98 Å². The van der Waals surface area contributed by atoms with Crippen LogP contribution < -0.4 is 5.32 Å². The third-order valence-electron chi connectivity index (χ3n) is 4.89. The van der Waals surface area contributed by atoms with Crippen molar-refractivity contribution >= 4 is 10.9 Å². The second kappa shape index (κ2) is 4.56. The first kappa shape index (κ1) is 12.3. The summed E-state index contributed by atoms with van der Waals surface area (Å²) in [6.45, 7) is 5.42. The summed E-state index contributed by atoms with van der Waals surface area (Å²) < 4.78 is 0. The molecule has 20 heavy (non-hydrogen) atoms. The highest BCUT2D eigenvalue weighted by Gasteiger charge is 2.23. The van der Waals surface area contributed by atoms with Crippen LogP contribution in [-0.4, -0.2) is 11.0 Å². The molecular weight excluding hydrogens is 244 g/mol. The number of benzene rings is 1. The molecule has 0 aliphatic heterocycles. The molecule has 1 N–H and O–H groups in total. The summed E-state index contributed by atoms with van der Waals surface area (Å²) in [7, 11) is 0. The molecule has 0 atom stereocenters. The SMILES string of the molecule is Cc1cc2nc3c(c(CNC4CC4)c2cc1C)CCC3. The summed E-state index contributed by atoms with van der Waals surface area (Å²) in [5.41, 5.74) is 8.34. The summed E-state index contributed by atoms with van der Waals surface area (Å²) in [5, 5.41) is 5.08. The zero-order chi connectivity index (χ0) is 13.7. The lowest BCUT2D eigenvalue weighted by molar-refractivity contribution is 0.686. The summed E-state index contributed by atoms with van der Waals surface area (Å²) in [6, 6.07) is 5.38. The van der Waals surface area contributed by atoms with Crippen molar-refractivity contribution in [2.45, 2.75) is 58.5 Å². The van der Waals surface area contributed by atoms with Crippen LogP contribution in [0, 0.1) is 13.8 Å². The fourth-order valence-electron chi connectivity index (χ4n) is 3.36. The summed E-state index contributed by atoms with van der Waals surface area (Å²) >= 11 is 0. The van der Waals surface area contributed by atoms with Gasteiger partial charge in [0.1, 0.15) is 0 Å². The number of nitrogens with zero attached hydrogens (tertiary/aromatic N) is 1. The Balaban J connectivity index is 1.88. The number of aryl methyl sites for hydroxylation is 3. The van der Waals surface area contributed by atoms with Gasteiger partial charge in [-0.05, 0) is 80.3 Å². The molecule has 1 aromatic carbocycles. The van der Waals surface area contributed by atoms with Crippen LogP contribution in [0.5, 0.6) is 0 Å². The largest absolute Gasteiger partial charge is 0.310 e. The molecule has 2 aromatic rings. The zero-order valence-corrected chi connectivity index (χ0v) is 12.4. The molecule has 0 unspecified atom stereocenters. The van der Waals surface area contributed by atoms with Gasteiger partial charge in [-0.1, -0.05) is 0 Å². The Bertz CT molecular complexity index is 684. The first-order valence-corrected chi connectivity index (χ1v) is 7.87. The second-order valence-electron chi connectivity index (χ2n) is 6.48. The standard InChI is InChI=1S/C18H22N2/c1-11-8-15-16(10-19-13-6-7-13)14-4-3-5-17(14)20-18(15)9-12(11)2/h8-9,13,19H,3-7,10H2,1-2H3. The highest BCUT2D eigenvalue weighted by molar-refractivity contribution is 5.85. The monoisotopic (exact) mass is 266 g/mol. The van der Waals surface area contributed by atoms with Crippen LogP contribution in [0.4, 0.5) is 0 Å². The van der Waals surface area contributed by atoms with Gasteiger partial charge in [-0.15, -0.1) is 0 Å². The normalized spacial score (nSPS) is 17.7. The molecule has 2 aliphatic carbocycles. The molecule has 2 aliphatic rings. The zero-order valence-electron chi connectivity index (χ0n) is 12.4. The number of hydrogen-bond donors (Lipinski definition) is 1. The Morgan fingerprint density at radius 1 is 1.15 bits per heavy atom. The molecule has 0 saturated heterocycles. The van der Waals surface area contributed by atoms with E-state index in [9.17, 15) is 0 Å². The van der Waals surface area contributed by atoms with E-state index >= 15 is 0 Å². The Hall–Kier alpha value is -1.41. The van der Waals surface area contributed by atoms with Crippen molar-refractivity contribution in [1.29, 1.82) is 0 Å². The van der Waals surface area contributed by atoms with Crippen molar-refractivity contribution in [3.05, 3.63) is 40.1 Å². The van der Waals surface area contributed by atoms with Crippen molar-refractivity contribution in [2.75, 3.05) is 0 Å². The molecule has 2 heteroatoms. The molecule has 1 aromatic heterocycles. The predicted molar refractivity (Wildman–Crippen MR) is 83.1 cm³/mol. The van der Waals surface area contributed by atoms with Crippen LogP contribution >= 0.6 is 0 Å². The van der Waals surface area contributed by atoms with Gasteiger partial charge in [0, 0.05) is 23.7 Å². The number of hydrogen-bond acceptors (Lipinski definition) is 2. The number of rotatable bonds is 3. The third kappa shape index (κ3) is 2.03. The smallest absolute Gasteiger partial charge is 0.0711 e. The topological polar surface area (TPSA) is 24.9 Å². The van der Waals surface area contributed by atoms with E-state index in [0.717, 1.165) is 19.0 Å². The van der Waals surface area contributed by atoms with Crippen LogP contribution in [0.2, 0.25) is 0 Å². The van der Waals surface area contributed by atoms with E-state index in [0.29, 0.717) is 0 Å². The maximum Gasteiger partial charge on any atom is 0.0711 e. The van der Waals surface area contributed by atoms with Gasteiger partial charge < -0.3 is 5.32 Å². The number of pyridine rings is 1. The first-order chi connectivity index (χ1) is 9.72. The molecular formula is C18H22N2. The van der Waals surface area contributed by atoms with Crippen molar-refractivity contribution in [2.24, 2.45) is 0 Å². The van der Waals surface area contributed by atoms with Crippen molar-refractivity contribution in [3.63, 3.8) is 0 Å². The maximum absolute atomic E-state index is 4.93. The second-order valence-corrected chi connectivity index (χ2v) is 6.48. The average molecular weight is 266 g/mol. The van der Waals surface area contributed by atoms with Crippen molar-refractivity contribution in [3.8, 4) is 0 Å². The van der Waals surface area contributed by atoms with Gasteiger partial charge in [0.15, 0.2) is 0 Å². The van der Waals surface area contributed by atoms with Gasteiger partial charge in [-0.2, -0.15) is 0 Å². The lowest BCUT2D eigenvalue weighted by Gasteiger charge is -2.14. The highest BCUT2D eigenvalue weighted by Crippen LogP contribution is 2.32. The van der Waals surface area contributed by atoms with E-state index in [1.165, 1.54) is 64.5 Å². The number of fused-ring (bicyclic) bond motifs is 2. The Kier molecular flexibility index (Phi) is 2.81. The molecule has 104 valence electrons. The number of nitrogens with one attached hydrogen (secondary N) is 1. The summed E-state index contributed by atoms with van der Waals surface area (Å²) in [4.78, 5) is 4.93. The van der Waals surface area contributed by atoms with Crippen LogP contribution in [0.3, 0.4) is 0 Å². The molecule has 0 radical (unpaired) electrons. The van der Waals surface area contributed by atoms with Crippen LogP contribution in [0.15, 0.2) is 12.1 Å². The minimum absolute atomic E-state index is 0.766. The molecule has 1 saturated carbocycles. The first-order valence-electron chi connectivity index (χ1n) is 7.87. The quantitative estimate of drug-likeness (QED) is 0.918. The molecule has 1 heterocycles. The van der Waals surface area contributed by atoms with Crippen LogP contribution in [0.1, 0.15) is 47.2 Å². The summed E-state index contributed by atoms with van der Waals surface area (Å²) in [6.07, 6.45) is 6.35.